The summed E-state index contributed by atoms with van der Waals surface area (Å²) in [4.78, 5) is 90.8. The molecule has 4 N–H and O–H groups in total. The van der Waals surface area contributed by atoms with Gasteiger partial charge in [0.15, 0.2) is 17.7 Å². The number of hydrogen-bond acceptors (Lipinski definition) is 17. The second-order valence-electron chi connectivity index (χ2n) is 18.9. The number of nitrogens with zero attached hydrogens (tertiary/aromatic N) is 5. The molecule has 4 aliphatic heterocycles. The van der Waals surface area contributed by atoms with Gasteiger partial charge in [0, 0.05) is 74.5 Å². The largest absolute Gasteiger partial charge is 0.506 e. The molecule has 20 heteroatoms. The molecule has 4 fully saturated rings. The Bertz CT molecular complexity index is 2170. The van der Waals surface area contributed by atoms with Gasteiger partial charge in [0.25, 0.3) is 0 Å². The molecule has 370 valence electrons. The van der Waals surface area contributed by atoms with E-state index in [1.54, 1.807) is 58.7 Å². The van der Waals surface area contributed by atoms with Gasteiger partial charge in [-0.25, -0.2) is 14.4 Å². The molecule has 2 aromatic heterocycles. The van der Waals surface area contributed by atoms with Crippen LogP contribution in [0, 0.1) is 23.7 Å². The average molecular weight is 942 g/mol. The number of aliphatic carboxylic acids is 2. The molecule has 1 amide bonds. The predicted octanol–water partition coefficient (Wildman–Crippen LogP) is 3.44. The number of amides is 1. The zero-order chi connectivity index (χ0) is 49.9. The van der Waals surface area contributed by atoms with Crippen molar-refractivity contribution in [3.05, 3.63) is 42.2 Å². The summed E-state index contributed by atoms with van der Waals surface area (Å²) < 4.78 is 31.3. The van der Waals surface area contributed by atoms with Crippen molar-refractivity contribution in [2.45, 2.75) is 141 Å². The molecular formula is C47H67N5O15. The van der Waals surface area contributed by atoms with Crippen molar-refractivity contribution in [2.75, 3.05) is 34.3 Å². The third-order valence-corrected chi connectivity index (χ3v) is 13.9. The number of Topliss-reactive ketones (excluding diaryl/α,β-unsaturated/α-hetero) is 2. The quantitative estimate of drug-likeness (QED) is 0.151. The SMILES string of the molecule is CC[C@H]1OC(=O)[C@H](C)C(=O)[C@H](C)[C@@H](O[C@@H]2O[C@H](C)C[C@H](N(C)C)[C@H]2O)[C@](C)(OC)C[C@@H](C)C(=O)[C@H](C)[C@H]2N(C3CN(Cc4c(O)cnc5cccnc45)C3)C(=O)O[C@]12C.O=C(O)/C=C/C(=O)O. The molecule has 4 aliphatic rings. The van der Waals surface area contributed by atoms with Crippen LogP contribution in [0.3, 0.4) is 0 Å². The van der Waals surface area contributed by atoms with Crippen molar-refractivity contribution < 1.29 is 72.9 Å². The van der Waals surface area contributed by atoms with Crippen LogP contribution in [0.25, 0.3) is 11.0 Å². The number of aromatic hydroxyl groups is 1. The number of fused-ring (bicyclic) bond motifs is 2. The topological polar surface area (TPSA) is 265 Å². The van der Waals surface area contributed by atoms with E-state index in [0.29, 0.717) is 54.8 Å². The highest BCUT2D eigenvalue weighted by Gasteiger charge is 2.62. The maximum atomic E-state index is 14.8. The summed E-state index contributed by atoms with van der Waals surface area (Å²) in [7, 11) is 5.22. The number of methoxy groups -OCH3 is 1. The minimum Gasteiger partial charge on any atom is -0.506 e. The van der Waals surface area contributed by atoms with Gasteiger partial charge in [0.2, 0.25) is 0 Å². The average Bonchev–Trinajstić information content (AvgIpc) is 3.53. The van der Waals surface area contributed by atoms with Crippen molar-refractivity contribution in [3.8, 4) is 5.75 Å². The lowest BCUT2D eigenvalue weighted by atomic mass is 9.73. The molecule has 0 saturated carbocycles. The maximum absolute atomic E-state index is 14.8. The van der Waals surface area contributed by atoms with Gasteiger partial charge in [-0.3, -0.25) is 34.2 Å². The Morgan fingerprint density at radius 3 is 2.21 bits per heavy atom. The summed E-state index contributed by atoms with van der Waals surface area (Å²) in [6.45, 7) is 15.1. The van der Waals surface area contributed by atoms with Crippen molar-refractivity contribution >= 4 is 46.6 Å². The first kappa shape index (κ1) is 52.8. The lowest BCUT2D eigenvalue weighted by Crippen LogP contribution is -2.65. The standard InChI is InChI=1S/C43H63N5O11.C4H4O4/c1-12-32-43(8)37(48(41(54)59-43)27-19-47(20-27)21-28-31(49)18-45-29-14-13-15-44-33(28)29)24(4)34(50)22(2)17-42(7,55-11)38(25(5)35(51)26(6)39(53)57-32)58-40-36(52)30(46(9)10)16-23(3)56-40;5-3(6)1-2-4(7)8/h13-15,18,22-27,30,32,36-38,40,49,52H,12,16-17,19-21H2,1-11H3;1-2H,(H,5,6)(H,7,8)/b;2-1+/t22-,23-,24+,25+,26-,30+,32-,36-,37-,38-,40+,42-,43-;/m1./s1. The fraction of sp³-hybridized carbons (Fsp3) is 0.660. The van der Waals surface area contributed by atoms with E-state index in [9.17, 15) is 39.0 Å². The van der Waals surface area contributed by atoms with E-state index >= 15 is 0 Å². The van der Waals surface area contributed by atoms with Crippen LogP contribution < -0.4 is 0 Å². The molecule has 2 aromatic rings. The third kappa shape index (κ3) is 11.3. The molecule has 67 heavy (non-hydrogen) atoms. The summed E-state index contributed by atoms with van der Waals surface area (Å²) in [6, 6.07) is 2.09. The fourth-order valence-electron chi connectivity index (χ4n) is 10.2. The second-order valence-corrected chi connectivity index (χ2v) is 18.9. The first-order valence-corrected chi connectivity index (χ1v) is 22.7. The smallest absolute Gasteiger partial charge is 0.411 e. The van der Waals surface area contributed by atoms with Crippen LogP contribution in [0.2, 0.25) is 0 Å². The lowest BCUT2D eigenvalue weighted by Gasteiger charge is -2.48. The van der Waals surface area contributed by atoms with Gasteiger partial charge >= 0.3 is 24.0 Å². The highest BCUT2D eigenvalue weighted by Crippen LogP contribution is 2.45. The molecule has 0 aromatic carbocycles. The maximum Gasteiger partial charge on any atom is 0.411 e. The Morgan fingerprint density at radius 2 is 1.63 bits per heavy atom. The van der Waals surface area contributed by atoms with Crippen LogP contribution in [-0.2, 0) is 54.2 Å². The van der Waals surface area contributed by atoms with E-state index in [1.807, 2.05) is 32.0 Å². The van der Waals surface area contributed by atoms with Crippen LogP contribution in [0.4, 0.5) is 4.79 Å². The number of ether oxygens (including phenoxy) is 5. The van der Waals surface area contributed by atoms with Crippen LogP contribution in [-0.4, -0.2) is 175 Å². The number of carbonyl (C=O) groups is 6. The number of esters is 1. The minimum absolute atomic E-state index is 0.0206. The van der Waals surface area contributed by atoms with E-state index in [4.69, 9.17) is 33.9 Å². The second kappa shape index (κ2) is 21.5. The van der Waals surface area contributed by atoms with Crippen molar-refractivity contribution in [1.29, 1.82) is 0 Å². The number of pyridine rings is 2. The molecule has 13 atom stereocenters. The number of likely N-dealkylation sites (N-methyl/N-ethyl adjacent to an activating group) is 1. The molecular weight excluding hydrogens is 875 g/mol. The molecule has 0 bridgehead atoms. The molecule has 0 unspecified atom stereocenters. The predicted molar refractivity (Wildman–Crippen MR) is 239 cm³/mol. The molecule has 6 heterocycles. The van der Waals surface area contributed by atoms with Crippen molar-refractivity contribution in [3.63, 3.8) is 0 Å². The van der Waals surface area contributed by atoms with Crippen molar-refractivity contribution in [1.82, 2.24) is 24.7 Å². The zero-order valence-corrected chi connectivity index (χ0v) is 40.2. The summed E-state index contributed by atoms with van der Waals surface area (Å²) in [5, 5.41) is 37.8. The number of carboxylic acids is 2. The lowest BCUT2D eigenvalue weighted by molar-refractivity contribution is -0.295. The van der Waals surface area contributed by atoms with Gasteiger partial charge in [-0.15, -0.1) is 0 Å². The molecule has 4 saturated heterocycles. The number of aromatic nitrogens is 2. The van der Waals surface area contributed by atoms with E-state index in [1.165, 1.54) is 20.2 Å². The van der Waals surface area contributed by atoms with Crippen LogP contribution >= 0.6 is 0 Å². The number of carbonyl (C=O) groups excluding carboxylic acids is 4. The Kier molecular flexibility index (Phi) is 16.9. The first-order chi connectivity index (χ1) is 31.4. The number of hydrogen-bond donors (Lipinski definition) is 4. The number of rotatable bonds is 10. The summed E-state index contributed by atoms with van der Waals surface area (Å²) in [5.74, 6) is -7.64. The van der Waals surface area contributed by atoms with Gasteiger partial charge in [0.05, 0.1) is 47.1 Å². The number of aliphatic hydroxyl groups is 1. The van der Waals surface area contributed by atoms with Crippen LogP contribution in [0.1, 0.15) is 80.2 Å². The highest BCUT2D eigenvalue weighted by molar-refractivity contribution is 6.00. The molecule has 6 rings (SSSR count). The number of ketones is 2. The molecule has 20 nitrogen and oxygen atoms in total. The Labute approximate surface area is 390 Å². The van der Waals surface area contributed by atoms with E-state index < -0.39 is 95.3 Å². The Morgan fingerprint density at radius 1 is 0.985 bits per heavy atom. The number of likely N-dealkylation sites (tertiary alicyclic amines) is 1. The zero-order valence-electron chi connectivity index (χ0n) is 40.2. The van der Waals surface area contributed by atoms with Gasteiger partial charge in [-0.2, -0.15) is 0 Å². The van der Waals surface area contributed by atoms with Gasteiger partial charge in [-0.05, 0) is 73.2 Å². The Hall–Kier alpha value is -5.12. The Balaban J connectivity index is 0.000000961. The number of carboxylic acid groups (broad SMARTS) is 2. The minimum atomic E-state index is -1.46. The van der Waals surface area contributed by atoms with Gasteiger partial charge in [0.1, 0.15) is 29.7 Å². The van der Waals surface area contributed by atoms with E-state index in [-0.39, 0.29) is 42.6 Å². The first-order valence-electron chi connectivity index (χ1n) is 22.7. The normalized spacial score (nSPS) is 34.8. The van der Waals surface area contributed by atoms with Crippen molar-refractivity contribution in [2.24, 2.45) is 23.7 Å². The van der Waals surface area contributed by atoms with Crippen LogP contribution in [0.5, 0.6) is 5.75 Å². The van der Waals surface area contributed by atoms with E-state index in [0.717, 1.165) is 0 Å². The highest BCUT2D eigenvalue weighted by atomic mass is 16.7. The summed E-state index contributed by atoms with van der Waals surface area (Å²) in [6.07, 6.45) is -0.0965. The van der Waals surface area contributed by atoms with E-state index in [2.05, 4.69) is 14.9 Å². The number of cyclic esters (lactones) is 1. The summed E-state index contributed by atoms with van der Waals surface area (Å²) in [5.41, 5.74) is -0.892. The fourth-order valence-corrected chi connectivity index (χ4v) is 10.2. The van der Waals surface area contributed by atoms with Gasteiger partial charge in [-0.1, -0.05) is 27.7 Å². The summed E-state index contributed by atoms with van der Waals surface area (Å²) >= 11 is 0. The molecule has 0 spiro atoms. The molecule has 0 radical (unpaired) electrons. The van der Waals surface area contributed by atoms with Crippen LogP contribution in [0.15, 0.2) is 36.7 Å². The number of aliphatic hydroxyl groups excluding tert-OH is 1. The molecule has 0 aliphatic carbocycles. The van der Waals surface area contributed by atoms with Gasteiger partial charge < -0.3 is 49.0 Å². The third-order valence-electron chi connectivity index (χ3n) is 13.9. The monoisotopic (exact) mass is 941 g/mol.